The van der Waals surface area contributed by atoms with Gasteiger partial charge in [0.25, 0.3) is 0 Å². The third-order valence-electron chi connectivity index (χ3n) is 0.879. The summed E-state index contributed by atoms with van der Waals surface area (Å²) < 4.78 is 4.95. The summed E-state index contributed by atoms with van der Waals surface area (Å²) in [5.41, 5.74) is 0. The van der Waals surface area contributed by atoms with E-state index in [4.69, 9.17) is 25.2 Å². The molecule has 0 bridgehead atoms. The van der Waals surface area contributed by atoms with Crippen LogP contribution in [0.15, 0.2) is 0 Å². The molecule has 2 atom stereocenters. The lowest BCUT2D eigenvalue weighted by Crippen LogP contribution is -2.19. The number of nitrogens with one attached hydrogen (secondary N) is 1. The first-order chi connectivity index (χ1) is 5.58. The number of carbonyl (C=O) groups excluding carboxylic acids is 1. The Bertz CT molecular complexity index is 121. The third kappa shape index (κ3) is 16.1. The number of ether oxygens (including phenoxy) is 1. The van der Waals surface area contributed by atoms with Gasteiger partial charge >= 0.3 is 0 Å². The van der Waals surface area contributed by atoms with Crippen LogP contribution in [-0.2, 0) is 9.53 Å². The molecule has 0 aromatic rings. The van der Waals surface area contributed by atoms with Crippen molar-refractivity contribution in [2.24, 2.45) is 0 Å². The lowest BCUT2D eigenvalue weighted by molar-refractivity contribution is -0.0177. The van der Waals surface area contributed by atoms with Gasteiger partial charge in [-0.15, -0.1) is 0 Å². The van der Waals surface area contributed by atoms with Crippen molar-refractivity contribution in [1.29, 1.82) is 5.41 Å². The van der Waals surface area contributed by atoms with Gasteiger partial charge in [-0.05, 0) is 13.8 Å². The first-order valence-electron chi connectivity index (χ1n) is 3.52. The predicted molar refractivity (Wildman–Crippen MR) is 42.6 cm³/mol. The first-order valence-corrected chi connectivity index (χ1v) is 3.52. The van der Waals surface area contributed by atoms with Crippen molar-refractivity contribution in [1.82, 2.24) is 0 Å². The molecule has 5 nitrogen and oxygen atoms in total. The van der Waals surface area contributed by atoms with E-state index >= 15 is 0 Å². The maximum Gasteiger partial charge on any atom is 0.231 e. The Kier molecular flexibility index (Phi) is 11.8. The van der Waals surface area contributed by atoms with Crippen molar-refractivity contribution in [3.05, 3.63) is 0 Å². The molecule has 0 radical (unpaired) electrons. The molecule has 2 unspecified atom stereocenters. The first kappa shape index (κ1) is 13.8. The number of rotatable bonds is 4. The number of hydrogen-bond acceptors (Lipinski definition) is 5. The van der Waals surface area contributed by atoms with Gasteiger partial charge < -0.3 is 14.9 Å². The zero-order valence-electron chi connectivity index (χ0n) is 7.28. The van der Waals surface area contributed by atoms with E-state index in [-0.39, 0.29) is 12.7 Å². The minimum Gasteiger partial charge on any atom is -0.394 e. The van der Waals surface area contributed by atoms with E-state index in [1.165, 1.54) is 0 Å². The van der Waals surface area contributed by atoms with Gasteiger partial charge in [0.2, 0.25) is 6.08 Å². The molecule has 0 heterocycles. The van der Waals surface area contributed by atoms with Crippen LogP contribution in [0.25, 0.3) is 0 Å². The van der Waals surface area contributed by atoms with E-state index in [9.17, 15) is 0 Å². The fourth-order valence-electron chi connectivity index (χ4n) is 0.356. The molecule has 0 aromatic heterocycles. The Morgan fingerprint density at radius 3 is 2.25 bits per heavy atom. The number of hydrogen-bond donors (Lipinski definition) is 3. The molecular weight excluding hydrogens is 162 g/mol. The average Bonchev–Trinajstić information content (AvgIpc) is 2.01. The van der Waals surface area contributed by atoms with Gasteiger partial charge in [-0.25, -0.2) is 10.2 Å². The van der Waals surface area contributed by atoms with E-state index in [0.29, 0.717) is 6.61 Å². The van der Waals surface area contributed by atoms with Gasteiger partial charge in [0.1, 0.15) is 0 Å². The van der Waals surface area contributed by atoms with Gasteiger partial charge in [-0.3, -0.25) is 0 Å². The fourth-order valence-corrected chi connectivity index (χ4v) is 0.356. The Labute approximate surface area is 71.5 Å². The van der Waals surface area contributed by atoms with E-state index in [0.717, 1.165) is 6.08 Å². The van der Waals surface area contributed by atoms with Crippen LogP contribution in [0.2, 0.25) is 0 Å². The van der Waals surface area contributed by atoms with Crippen LogP contribution in [0.3, 0.4) is 0 Å². The van der Waals surface area contributed by atoms with Gasteiger partial charge in [0, 0.05) is 0 Å². The van der Waals surface area contributed by atoms with Crippen molar-refractivity contribution in [3.63, 3.8) is 0 Å². The molecule has 0 saturated heterocycles. The minimum absolute atomic E-state index is 0.00667. The van der Waals surface area contributed by atoms with Crippen molar-refractivity contribution in [3.8, 4) is 0 Å². The van der Waals surface area contributed by atoms with Crippen molar-refractivity contribution >= 4 is 6.08 Å². The molecule has 0 amide bonds. The zero-order valence-corrected chi connectivity index (χ0v) is 7.28. The molecule has 0 spiro atoms. The summed E-state index contributed by atoms with van der Waals surface area (Å²) in [6.07, 6.45) is 0.138. The van der Waals surface area contributed by atoms with Crippen molar-refractivity contribution < 1.29 is 19.7 Å². The fraction of sp³-hybridized carbons (Fsp3) is 0.857. The Balaban J connectivity index is 0. The molecule has 12 heavy (non-hydrogen) atoms. The minimum atomic E-state index is -0.445. The van der Waals surface area contributed by atoms with Gasteiger partial charge in [0.15, 0.2) is 0 Å². The topological polar surface area (TPSA) is 90.6 Å². The summed E-state index contributed by atoms with van der Waals surface area (Å²) >= 11 is 0. The highest BCUT2D eigenvalue weighted by Crippen LogP contribution is 1.90. The standard InChI is InChI=1S/C6H14O3.CHNO/c1-5(8)4-9-6(2)3-7;2-1-3/h5-8H,3-4H2,1-2H3;2H. The van der Waals surface area contributed by atoms with Gasteiger partial charge in [-0.2, -0.15) is 0 Å². The molecule has 0 saturated carbocycles. The van der Waals surface area contributed by atoms with Gasteiger partial charge in [-0.1, -0.05) is 0 Å². The molecule has 0 aliphatic carbocycles. The van der Waals surface area contributed by atoms with Crippen LogP contribution in [0.5, 0.6) is 0 Å². The predicted octanol–water partition coefficient (Wildman–Crippen LogP) is -0.334. The van der Waals surface area contributed by atoms with E-state index in [1.807, 2.05) is 0 Å². The maximum absolute atomic E-state index is 8.69. The lowest BCUT2D eigenvalue weighted by atomic mass is 10.4. The second-order valence-corrected chi connectivity index (χ2v) is 2.28. The molecule has 72 valence electrons. The molecule has 3 N–H and O–H groups in total. The van der Waals surface area contributed by atoms with Crippen molar-refractivity contribution in [2.75, 3.05) is 13.2 Å². The van der Waals surface area contributed by atoms with Crippen LogP contribution in [-0.4, -0.2) is 41.7 Å². The largest absolute Gasteiger partial charge is 0.394 e. The summed E-state index contributed by atoms with van der Waals surface area (Å²) in [6, 6.07) is 0. The lowest BCUT2D eigenvalue weighted by Gasteiger charge is -2.10. The summed E-state index contributed by atoms with van der Waals surface area (Å²) in [5.74, 6) is 0. The number of aliphatic hydroxyl groups is 2. The SMILES string of the molecule is CC(O)COC(C)CO.N=C=O. The normalized spacial score (nSPS) is 13.7. The average molecular weight is 177 g/mol. The van der Waals surface area contributed by atoms with Crippen LogP contribution < -0.4 is 0 Å². The molecule has 0 rings (SSSR count). The van der Waals surface area contributed by atoms with Gasteiger partial charge in [0.05, 0.1) is 25.4 Å². The van der Waals surface area contributed by atoms with Crippen LogP contribution in [0, 0.1) is 5.41 Å². The summed E-state index contributed by atoms with van der Waals surface area (Å²) in [4.78, 5) is 8.35. The highest BCUT2D eigenvalue weighted by Gasteiger charge is 2.00. The Morgan fingerprint density at radius 2 is 2.00 bits per heavy atom. The molecule has 5 heteroatoms. The maximum atomic E-state index is 8.69. The zero-order chi connectivity index (χ0) is 9.98. The molecule has 0 aromatic carbocycles. The smallest absolute Gasteiger partial charge is 0.231 e. The van der Waals surface area contributed by atoms with Crippen LogP contribution >= 0.6 is 0 Å². The van der Waals surface area contributed by atoms with Crippen LogP contribution in [0.4, 0.5) is 0 Å². The molecule has 0 fully saturated rings. The molecular formula is C7H15NO4. The van der Waals surface area contributed by atoms with Crippen LogP contribution in [0.1, 0.15) is 13.8 Å². The second-order valence-electron chi connectivity index (χ2n) is 2.28. The quantitative estimate of drug-likeness (QED) is 0.405. The number of aliphatic hydroxyl groups excluding tert-OH is 2. The van der Waals surface area contributed by atoms with E-state index < -0.39 is 6.10 Å². The Morgan fingerprint density at radius 1 is 1.58 bits per heavy atom. The van der Waals surface area contributed by atoms with Crippen molar-refractivity contribution in [2.45, 2.75) is 26.1 Å². The van der Waals surface area contributed by atoms with E-state index in [2.05, 4.69) is 0 Å². The molecule has 0 aliphatic rings. The highest BCUT2D eigenvalue weighted by molar-refractivity contribution is 5.26. The highest BCUT2D eigenvalue weighted by atomic mass is 16.5. The third-order valence-corrected chi connectivity index (χ3v) is 0.879. The summed E-state index contributed by atoms with van der Waals surface area (Å²) in [6.45, 7) is 3.70. The monoisotopic (exact) mass is 177 g/mol. The molecule has 0 aliphatic heterocycles. The number of isocyanates is 1. The summed E-state index contributed by atoms with van der Waals surface area (Å²) in [5, 5.41) is 22.5. The van der Waals surface area contributed by atoms with E-state index in [1.54, 1.807) is 13.8 Å². The Hall–Kier alpha value is -0.740. The summed E-state index contributed by atoms with van der Waals surface area (Å²) in [7, 11) is 0. The second kappa shape index (κ2) is 10.3.